The van der Waals surface area contributed by atoms with Gasteiger partial charge < -0.3 is 4.74 Å². The largest absolute Gasteiger partial charge is 0.450 e. The lowest BCUT2D eigenvalue weighted by atomic mass is 10.1. The summed E-state index contributed by atoms with van der Waals surface area (Å²) in [6, 6.07) is 16.4. The zero-order valence-corrected chi connectivity index (χ0v) is 17.1. The zero-order chi connectivity index (χ0) is 23.1. The first-order valence-corrected chi connectivity index (χ1v) is 9.47. The van der Waals surface area contributed by atoms with E-state index in [0.717, 1.165) is 17.7 Å². The number of benzene rings is 3. The summed E-state index contributed by atoms with van der Waals surface area (Å²) in [6.45, 7) is 0. The second kappa shape index (κ2) is 10.1. The van der Waals surface area contributed by atoms with E-state index in [1.807, 2.05) is 0 Å². The number of carbonyl (C=O) groups excluding carboxylic acids is 1. The number of nitrogens with one attached hydrogen (secondary N) is 1. The number of rotatable bonds is 8. The number of nitro benzene ring substituents is 2. The van der Waals surface area contributed by atoms with Crippen LogP contribution in [0.5, 0.6) is 11.5 Å². The van der Waals surface area contributed by atoms with E-state index in [1.165, 1.54) is 12.3 Å². The van der Waals surface area contributed by atoms with Crippen LogP contribution < -0.4 is 10.2 Å². The highest BCUT2D eigenvalue weighted by atomic mass is 35.5. The van der Waals surface area contributed by atoms with Gasteiger partial charge in [-0.15, -0.1) is 0 Å². The maximum atomic E-state index is 11.9. The number of hydrazone groups is 1. The molecule has 0 heterocycles. The minimum absolute atomic E-state index is 0.128. The van der Waals surface area contributed by atoms with Gasteiger partial charge in [-0.3, -0.25) is 25.0 Å². The van der Waals surface area contributed by atoms with E-state index in [9.17, 15) is 25.0 Å². The number of nitrogens with zero attached hydrogens (tertiary/aromatic N) is 3. The van der Waals surface area contributed by atoms with Crippen molar-refractivity contribution in [2.24, 2.45) is 5.10 Å². The van der Waals surface area contributed by atoms with Crippen molar-refractivity contribution in [1.29, 1.82) is 0 Å². The quantitative estimate of drug-likeness (QED) is 0.299. The number of amides is 1. The fourth-order valence-electron chi connectivity index (χ4n) is 2.60. The van der Waals surface area contributed by atoms with Gasteiger partial charge in [-0.2, -0.15) is 5.10 Å². The minimum Gasteiger partial charge on any atom is -0.450 e. The zero-order valence-electron chi connectivity index (χ0n) is 16.3. The van der Waals surface area contributed by atoms with Crippen LogP contribution in [0.2, 0.25) is 5.02 Å². The van der Waals surface area contributed by atoms with Crippen LogP contribution in [0.25, 0.3) is 0 Å². The summed E-state index contributed by atoms with van der Waals surface area (Å²) in [7, 11) is 0. The molecule has 0 aliphatic rings. The molecule has 10 nitrogen and oxygen atoms in total. The van der Waals surface area contributed by atoms with Crippen LogP contribution in [0.3, 0.4) is 0 Å². The van der Waals surface area contributed by atoms with E-state index in [0.29, 0.717) is 10.6 Å². The van der Waals surface area contributed by atoms with Crippen molar-refractivity contribution < 1.29 is 19.4 Å². The number of halogens is 1. The second-order valence-electron chi connectivity index (χ2n) is 6.43. The summed E-state index contributed by atoms with van der Waals surface area (Å²) in [6.07, 6.45) is 1.58. The van der Waals surface area contributed by atoms with Gasteiger partial charge in [0.15, 0.2) is 0 Å². The molecule has 11 heteroatoms. The summed E-state index contributed by atoms with van der Waals surface area (Å²) < 4.78 is 5.49. The van der Waals surface area contributed by atoms with Crippen LogP contribution in [0.15, 0.2) is 71.8 Å². The monoisotopic (exact) mass is 454 g/mol. The summed E-state index contributed by atoms with van der Waals surface area (Å²) in [5.74, 6) is -0.142. The predicted octanol–water partition coefficient (Wildman–Crippen LogP) is 4.64. The number of hydrogen-bond acceptors (Lipinski definition) is 7. The Labute approximate surface area is 186 Å². The Kier molecular flexibility index (Phi) is 7.09. The Balaban J connectivity index is 1.60. The number of non-ortho nitro benzene ring substituents is 1. The summed E-state index contributed by atoms with van der Waals surface area (Å²) in [4.78, 5) is 32.4. The van der Waals surface area contributed by atoms with Crippen LogP contribution >= 0.6 is 11.6 Å². The van der Waals surface area contributed by atoms with E-state index >= 15 is 0 Å². The van der Waals surface area contributed by atoms with Crippen molar-refractivity contribution in [1.82, 2.24) is 5.43 Å². The molecule has 0 spiro atoms. The van der Waals surface area contributed by atoms with Gasteiger partial charge in [0.1, 0.15) is 5.75 Å². The van der Waals surface area contributed by atoms with Gasteiger partial charge in [0.05, 0.1) is 28.5 Å². The molecule has 1 N–H and O–H groups in total. The Morgan fingerprint density at radius 2 is 1.69 bits per heavy atom. The molecular formula is C21H15ClN4O6. The molecule has 0 saturated heterocycles. The molecule has 0 aliphatic carbocycles. The van der Waals surface area contributed by atoms with Gasteiger partial charge >= 0.3 is 5.69 Å². The molecule has 162 valence electrons. The molecule has 32 heavy (non-hydrogen) atoms. The molecule has 3 rings (SSSR count). The maximum absolute atomic E-state index is 11.9. The number of hydrogen-bond donors (Lipinski definition) is 1. The Morgan fingerprint density at radius 3 is 2.31 bits per heavy atom. The van der Waals surface area contributed by atoms with E-state index in [4.69, 9.17) is 16.3 Å². The standard InChI is InChI=1S/C21H15ClN4O6/c22-16-5-1-14(2-6-16)11-21(27)24-23-13-15-3-8-18(9-4-15)32-20-10-7-17(25(28)29)12-19(20)26(30)31/h1-10,12-13H,11H2,(H,24,27)/b23-13-. The molecular weight excluding hydrogens is 440 g/mol. The number of nitro groups is 2. The molecule has 0 bridgehead atoms. The fraction of sp³-hybridized carbons (Fsp3) is 0.0476. The van der Waals surface area contributed by atoms with Crippen LogP contribution in [0.4, 0.5) is 11.4 Å². The van der Waals surface area contributed by atoms with Crippen molar-refractivity contribution >= 4 is 35.1 Å². The molecule has 0 saturated carbocycles. The SMILES string of the molecule is O=C(Cc1ccc(Cl)cc1)N/N=C\c1ccc(Oc2ccc([N+](=O)[O-])cc2[N+](=O)[O-])cc1. The predicted molar refractivity (Wildman–Crippen MR) is 117 cm³/mol. The third kappa shape index (κ3) is 6.09. The average molecular weight is 455 g/mol. The summed E-state index contributed by atoms with van der Waals surface area (Å²) in [5.41, 5.74) is 2.93. The van der Waals surface area contributed by atoms with E-state index in [1.54, 1.807) is 48.5 Å². The van der Waals surface area contributed by atoms with E-state index in [-0.39, 0.29) is 23.8 Å². The number of carbonyl (C=O) groups is 1. The van der Waals surface area contributed by atoms with Crippen LogP contribution in [-0.2, 0) is 11.2 Å². The Morgan fingerprint density at radius 1 is 1.00 bits per heavy atom. The molecule has 0 atom stereocenters. The molecule has 0 unspecified atom stereocenters. The average Bonchev–Trinajstić information content (AvgIpc) is 2.76. The summed E-state index contributed by atoms with van der Waals surface area (Å²) in [5, 5.41) is 26.5. The van der Waals surface area contributed by atoms with Crippen LogP contribution in [0.1, 0.15) is 11.1 Å². The van der Waals surface area contributed by atoms with Gasteiger partial charge in [0.25, 0.3) is 5.69 Å². The lowest BCUT2D eigenvalue weighted by Crippen LogP contribution is -2.19. The van der Waals surface area contributed by atoms with Crippen LogP contribution in [-0.4, -0.2) is 22.0 Å². The lowest BCUT2D eigenvalue weighted by Gasteiger charge is -2.06. The highest BCUT2D eigenvalue weighted by molar-refractivity contribution is 6.30. The van der Waals surface area contributed by atoms with Crippen molar-refractivity contribution in [3.8, 4) is 11.5 Å². The first kappa shape index (κ1) is 22.4. The van der Waals surface area contributed by atoms with Gasteiger partial charge in [-0.25, -0.2) is 5.43 Å². The number of ether oxygens (including phenoxy) is 1. The molecule has 0 aromatic heterocycles. The second-order valence-corrected chi connectivity index (χ2v) is 6.87. The van der Waals surface area contributed by atoms with Crippen LogP contribution in [0, 0.1) is 20.2 Å². The molecule has 0 radical (unpaired) electrons. The van der Waals surface area contributed by atoms with Gasteiger partial charge in [-0.05, 0) is 53.6 Å². The van der Waals surface area contributed by atoms with Gasteiger partial charge in [0, 0.05) is 11.1 Å². The first-order valence-electron chi connectivity index (χ1n) is 9.09. The maximum Gasteiger partial charge on any atom is 0.318 e. The highest BCUT2D eigenvalue weighted by Gasteiger charge is 2.21. The first-order chi connectivity index (χ1) is 15.3. The molecule has 1 amide bonds. The summed E-state index contributed by atoms with van der Waals surface area (Å²) >= 11 is 5.81. The van der Waals surface area contributed by atoms with Crippen molar-refractivity contribution in [3.63, 3.8) is 0 Å². The highest BCUT2D eigenvalue weighted by Crippen LogP contribution is 2.34. The Hall–Kier alpha value is -4.31. The molecule has 0 fully saturated rings. The molecule has 0 aliphatic heterocycles. The van der Waals surface area contributed by atoms with Crippen molar-refractivity contribution in [2.75, 3.05) is 0 Å². The van der Waals surface area contributed by atoms with Gasteiger partial charge in [-0.1, -0.05) is 23.7 Å². The smallest absolute Gasteiger partial charge is 0.318 e. The van der Waals surface area contributed by atoms with E-state index in [2.05, 4.69) is 10.5 Å². The molecule has 3 aromatic carbocycles. The third-order valence-electron chi connectivity index (χ3n) is 4.14. The normalized spacial score (nSPS) is 10.7. The van der Waals surface area contributed by atoms with Crippen molar-refractivity contribution in [3.05, 3.63) is 103 Å². The minimum atomic E-state index is -0.754. The van der Waals surface area contributed by atoms with Crippen molar-refractivity contribution in [2.45, 2.75) is 6.42 Å². The topological polar surface area (TPSA) is 137 Å². The van der Waals surface area contributed by atoms with E-state index < -0.39 is 21.2 Å². The fourth-order valence-corrected chi connectivity index (χ4v) is 2.73. The third-order valence-corrected chi connectivity index (χ3v) is 4.39. The molecule has 3 aromatic rings. The Bertz CT molecular complexity index is 1180. The van der Waals surface area contributed by atoms with Gasteiger partial charge in [0.2, 0.25) is 11.7 Å². The lowest BCUT2D eigenvalue weighted by molar-refractivity contribution is -0.394.